The van der Waals surface area contributed by atoms with Gasteiger partial charge >= 0.3 is 0 Å². The monoisotopic (exact) mass is 150 g/mol. The second-order valence-electron chi connectivity index (χ2n) is 2.56. The lowest BCUT2D eigenvalue weighted by Gasteiger charge is -2.08. The molecular weight excluding hydrogens is 140 g/mol. The Morgan fingerprint density at radius 1 is 1.43 bits per heavy atom. The molecule has 0 amide bonds. The molecule has 0 aliphatic heterocycles. The van der Waals surface area contributed by atoms with Crippen molar-refractivity contribution in [2.75, 3.05) is 0 Å². The molecule has 0 atom stereocenters. The van der Waals surface area contributed by atoms with Crippen LogP contribution >= 0.6 is 0 Å². The smallest absolute Gasteiger partial charge is 0.298 e. The second-order valence-corrected chi connectivity index (χ2v) is 16.1. The quantitative estimate of drug-likeness (QED) is 0.390. The molecule has 0 saturated carbocycles. The number of hydrogen-bond acceptors (Lipinski definition) is 1. The highest BCUT2D eigenvalue weighted by molar-refractivity contribution is 6.67. The average Bonchev–Trinajstić information content (AvgIpc) is 1.31. The van der Waals surface area contributed by atoms with E-state index < -0.39 is 5.97 Å². The van der Waals surface area contributed by atoms with E-state index in [2.05, 4.69) is 0 Å². The Morgan fingerprint density at radius 3 is 1.57 bits per heavy atom. The molecule has 1 N–H and O–H groups in total. The van der Waals surface area contributed by atoms with Gasteiger partial charge < -0.3 is 5.11 Å². The van der Waals surface area contributed by atoms with Crippen molar-refractivity contribution < 1.29 is 9.90 Å². The van der Waals surface area contributed by atoms with Crippen LogP contribution in [0.5, 0.6) is 0 Å². The first-order valence-corrected chi connectivity index (χ1v) is 5.18. The maximum Gasteiger partial charge on any atom is 0.298 e. The number of carboxylic acid groups (broad SMARTS) is 1. The van der Waals surface area contributed by atoms with Gasteiger partial charge in [-0.2, -0.15) is 0 Å². The van der Waals surface area contributed by atoms with Crippen LogP contribution in [0.15, 0.2) is 0 Å². The molecule has 0 aromatic carbocycles. The summed E-state index contributed by atoms with van der Waals surface area (Å²) in [5.41, 5.74) is 0. The molecule has 0 saturated heterocycles. The van der Waals surface area contributed by atoms with E-state index in [0.29, 0.717) is 0 Å². The van der Waals surface area contributed by atoms with Crippen molar-refractivity contribution in [2.45, 2.75) is 4.28 Å². The van der Waals surface area contributed by atoms with Crippen molar-refractivity contribution in [3.05, 3.63) is 0 Å². The fraction of sp³-hybridized carbons (Fsp3) is 0.500. The van der Waals surface area contributed by atoms with Gasteiger partial charge in [0.05, 0.1) is 0 Å². The van der Waals surface area contributed by atoms with E-state index in [4.69, 9.17) is 5.11 Å². The molecule has 0 rings (SSSR count). The Kier molecular flexibility index (Phi) is 1.96. The van der Waals surface area contributed by atoms with Crippen molar-refractivity contribution in [1.82, 2.24) is 0 Å². The number of hydrogen-bond donors (Lipinski definition) is 1. The van der Waals surface area contributed by atoms with Gasteiger partial charge in [-0.05, 0) is 0 Å². The molecule has 0 fully saturated rings. The molecule has 0 aromatic heterocycles. The van der Waals surface area contributed by atoms with E-state index in [0.717, 1.165) is 30.7 Å². The summed E-state index contributed by atoms with van der Waals surface area (Å²) >= 11 is 0. The number of aliphatic carboxylic acids is 1. The van der Waals surface area contributed by atoms with Crippen molar-refractivity contribution in [3.8, 4) is 0 Å². The third-order valence-electron chi connectivity index (χ3n) is 0.642. The van der Waals surface area contributed by atoms with Gasteiger partial charge in [0, 0.05) is 35.0 Å². The summed E-state index contributed by atoms with van der Waals surface area (Å²) in [5, 5.41) is 8.35. The predicted molar refractivity (Wildman–Crippen MR) is 40.1 cm³/mol. The molecule has 0 heterocycles. The predicted octanol–water partition coefficient (Wildman–Crippen LogP) is -3.76. The summed E-state index contributed by atoms with van der Waals surface area (Å²) in [5.74, 6) is -0.572. The molecule has 0 unspecified atom stereocenters. The summed E-state index contributed by atoms with van der Waals surface area (Å²) in [6, 6.07) is 0. The summed E-state index contributed by atoms with van der Waals surface area (Å²) in [7, 11) is 2.51. The molecule has 0 spiro atoms. The fourth-order valence-corrected chi connectivity index (χ4v) is 0. The van der Waals surface area contributed by atoms with Gasteiger partial charge in [-0.3, -0.25) is 4.79 Å². The van der Waals surface area contributed by atoms with E-state index in [1.165, 1.54) is 0 Å². The highest BCUT2D eigenvalue weighted by Crippen LogP contribution is 2.05. The number of carboxylic acids is 1. The van der Waals surface area contributed by atoms with Gasteiger partial charge in [-0.25, -0.2) is 0 Å². The van der Waals surface area contributed by atoms with Crippen LogP contribution in [0.3, 0.4) is 0 Å². The van der Waals surface area contributed by atoms with Gasteiger partial charge in [0.1, 0.15) is 0 Å². The van der Waals surface area contributed by atoms with Crippen molar-refractivity contribution >= 4 is 36.7 Å². The van der Waals surface area contributed by atoms with E-state index in [1.807, 2.05) is 0 Å². The minimum absolute atomic E-state index is 0.167. The molecule has 42 valence electrons. The topological polar surface area (TPSA) is 37.3 Å². The first-order valence-electron chi connectivity index (χ1n) is 2.18. The lowest BCUT2D eigenvalue weighted by atomic mass is 10.8. The van der Waals surface area contributed by atoms with Gasteiger partial charge in [0.2, 0.25) is 0 Å². The Bertz CT molecular complexity index is 83.4. The molecule has 5 heteroatoms. The minimum atomic E-state index is -0.572. The SMILES string of the molecule is O=C(O)C([SiH3])([SiH3])[SiH3]. The van der Waals surface area contributed by atoms with Crippen LogP contribution in [0, 0.1) is 0 Å². The lowest BCUT2D eigenvalue weighted by molar-refractivity contribution is -0.136. The van der Waals surface area contributed by atoms with Crippen molar-refractivity contribution in [1.29, 1.82) is 0 Å². The van der Waals surface area contributed by atoms with Crippen LogP contribution in [-0.2, 0) is 4.79 Å². The zero-order chi connectivity index (χ0) is 6.08. The maximum atomic E-state index is 10.1. The third kappa shape index (κ3) is 2.77. The standard InChI is InChI=1S/C2H10O2Si3/c3-1(4)2(5,6)7/h5-7H3,(H,3,4). The molecule has 0 radical (unpaired) electrons. The van der Waals surface area contributed by atoms with Crippen molar-refractivity contribution in [2.24, 2.45) is 0 Å². The van der Waals surface area contributed by atoms with Gasteiger partial charge in [0.25, 0.3) is 5.97 Å². The number of rotatable bonds is 1. The van der Waals surface area contributed by atoms with Crippen LogP contribution in [0.25, 0.3) is 0 Å². The highest BCUT2D eigenvalue weighted by Gasteiger charge is 2.18. The maximum absolute atomic E-state index is 10.1. The first-order chi connectivity index (χ1) is 2.94. The Balaban J connectivity index is 3.79. The summed E-state index contributed by atoms with van der Waals surface area (Å²) in [6.45, 7) is 0. The molecule has 0 bridgehead atoms. The largest absolute Gasteiger partial charge is 0.482 e. The lowest BCUT2D eigenvalue weighted by Crippen LogP contribution is -2.23. The summed E-state index contributed by atoms with van der Waals surface area (Å²) < 4.78 is -0.167. The van der Waals surface area contributed by atoms with E-state index in [1.54, 1.807) is 0 Å². The second kappa shape index (κ2) is 1.93. The average molecular weight is 150 g/mol. The fourth-order valence-electron chi connectivity index (χ4n) is 0. The number of carbonyl (C=O) groups is 1. The molecule has 2 nitrogen and oxygen atoms in total. The molecule has 7 heavy (non-hydrogen) atoms. The van der Waals surface area contributed by atoms with E-state index in [9.17, 15) is 4.79 Å². The Labute approximate surface area is 51.6 Å². The molecule has 0 aliphatic carbocycles. The Morgan fingerprint density at radius 2 is 1.57 bits per heavy atom. The van der Waals surface area contributed by atoms with Crippen LogP contribution in [0.2, 0.25) is 4.28 Å². The molecular formula is C2H10O2Si3. The van der Waals surface area contributed by atoms with Gasteiger partial charge in [-0.1, -0.05) is 0 Å². The van der Waals surface area contributed by atoms with E-state index >= 15 is 0 Å². The van der Waals surface area contributed by atoms with Crippen LogP contribution in [-0.4, -0.2) is 41.8 Å². The zero-order valence-corrected chi connectivity index (χ0v) is 10.9. The van der Waals surface area contributed by atoms with Crippen molar-refractivity contribution in [3.63, 3.8) is 0 Å². The normalized spacial score (nSPS) is 19.4. The molecule has 0 aromatic rings. The zero-order valence-electron chi connectivity index (χ0n) is 4.86. The summed E-state index contributed by atoms with van der Waals surface area (Å²) in [6.07, 6.45) is 0. The van der Waals surface area contributed by atoms with Crippen LogP contribution < -0.4 is 0 Å². The first kappa shape index (κ1) is 7.12. The van der Waals surface area contributed by atoms with Gasteiger partial charge in [0.15, 0.2) is 0 Å². The van der Waals surface area contributed by atoms with Gasteiger partial charge in [-0.15, -0.1) is 0 Å². The summed E-state index contributed by atoms with van der Waals surface area (Å²) in [4.78, 5) is 10.1. The minimum Gasteiger partial charge on any atom is -0.482 e. The highest BCUT2D eigenvalue weighted by atomic mass is 28.3. The molecule has 0 aliphatic rings. The van der Waals surface area contributed by atoms with Crippen LogP contribution in [0.1, 0.15) is 0 Å². The van der Waals surface area contributed by atoms with Crippen LogP contribution in [0.4, 0.5) is 0 Å². The Hall–Kier alpha value is 0.121. The third-order valence-corrected chi connectivity index (χ3v) is 1.92. The van der Waals surface area contributed by atoms with E-state index in [-0.39, 0.29) is 4.28 Å².